The average molecular weight is 107 g/mol. The summed E-state index contributed by atoms with van der Waals surface area (Å²) >= 11 is 0. The van der Waals surface area contributed by atoms with Crippen molar-refractivity contribution in [3.63, 3.8) is 0 Å². The van der Waals surface area contributed by atoms with Crippen molar-refractivity contribution in [2.45, 2.75) is 19.3 Å². The van der Waals surface area contributed by atoms with E-state index in [-0.39, 0.29) is 0 Å². The Hall–Kier alpha value is -0.520. The lowest BCUT2D eigenvalue weighted by atomic mass is 10.0. The van der Waals surface area contributed by atoms with E-state index in [2.05, 4.69) is 25.2 Å². The van der Waals surface area contributed by atoms with Gasteiger partial charge in [0.25, 0.3) is 0 Å². The third kappa shape index (κ3) is 1.22. The molecule has 0 nitrogen and oxygen atoms in total. The maximum atomic E-state index is 3.81. The maximum absolute atomic E-state index is 3.81. The fourth-order valence-electron chi connectivity index (χ4n) is 0.861. The van der Waals surface area contributed by atoms with E-state index in [4.69, 9.17) is 0 Å². The summed E-state index contributed by atoms with van der Waals surface area (Å²) in [7, 11) is 0. The summed E-state index contributed by atoms with van der Waals surface area (Å²) < 4.78 is 0. The number of rotatable bonds is 1. The average Bonchev–Trinajstić information content (AvgIpc) is 1.90. The van der Waals surface area contributed by atoms with Gasteiger partial charge in [-0.2, -0.15) is 0 Å². The zero-order valence-electron chi connectivity index (χ0n) is 5.06. The molecule has 1 aliphatic carbocycles. The van der Waals surface area contributed by atoms with Crippen molar-refractivity contribution in [1.29, 1.82) is 0 Å². The quantitative estimate of drug-likeness (QED) is 0.483. The van der Waals surface area contributed by atoms with Gasteiger partial charge in [0.15, 0.2) is 0 Å². The molecule has 1 rings (SSSR count). The van der Waals surface area contributed by atoms with E-state index in [1.807, 2.05) is 0 Å². The Morgan fingerprint density at radius 3 is 2.88 bits per heavy atom. The minimum Gasteiger partial charge on any atom is -0.0842 e. The Kier molecular flexibility index (Phi) is 1.90. The molecule has 0 amide bonds. The number of allylic oxidation sites excluding steroid dienone is 4. The molecule has 1 radical (unpaired) electrons. The lowest BCUT2D eigenvalue weighted by molar-refractivity contribution is 0.924. The Morgan fingerprint density at radius 2 is 2.50 bits per heavy atom. The van der Waals surface area contributed by atoms with Crippen molar-refractivity contribution >= 4 is 0 Å². The fourth-order valence-corrected chi connectivity index (χ4v) is 0.861. The molecular weight excluding hydrogens is 96.1 g/mol. The third-order valence-electron chi connectivity index (χ3n) is 1.42. The van der Waals surface area contributed by atoms with E-state index in [1.54, 1.807) is 0 Å². The molecule has 0 aromatic rings. The lowest BCUT2D eigenvalue weighted by Gasteiger charge is -2.03. The van der Waals surface area contributed by atoms with Gasteiger partial charge >= 0.3 is 0 Å². The smallest absolute Gasteiger partial charge is 0.0282 e. The Morgan fingerprint density at radius 1 is 1.62 bits per heavy atom. The van der Waals surface area contributed by atoms with Crippen molar-refractivity contribution in [2.75, 3.05) is 0 Å². The number of hydrogen-bond acceptors (Lipinski definition) is 0. The van der Waals surface area contributed by atoms with Gasteiger partial charge in [-0.15, -0.1) is 0 Å². The summed E-state index contributed by atoms with van der Waals surface area (Å²) in [6, 6.07) is 0. The summed E-state index contributed by atoms with van der Waals surface area (Å²) in [6.45, 7) is 3.81. The first kappa shape index (κ1) is 5.61. The van der Waals surface area contributed by atoms with E-state index in [9.17, 15) is 0 Å². The van der Waals surface area contributed by atoms with Crippen molar-refractivity contribution in [1.82, 2.24) is 0 Å². The summed E-state index contributed by atoms with van der Waals surface area (Å²) in [6.07, 6.45) is 9.88. The van der Waals surface area contributed by atoms with Gasteiger partial charge in [0.2, 0.25) is 0 Å². The van der Waals surface area contributed by atoms with Crippen LogP contribution in [-0.2, 0) is 0 Å². The molecule has 0 aliphatic heterocycles. The van der Waals surface area contributed by atoms with Crippen molar-refractivity contribution in [2.24, 2.45) is 0 Å². The van der Waals surface area contributed by atoms with E-state index >= 15 is 0 Å². The van der Waals surface area contributed by atoms with Crippen LogP contribution in [-0.4, -0.2) is 0 Å². The van der Waals surface area contributed by atoms with Gasteiger partial charge in [-0.1, -0.05) is 23.8 Å². The highest BCUT2D eigenvalue weighted by atomic mass is 14.0. The first-order valence-electron chi connectivity index (χ1n) is 3.07. The Balaban J connectivity index is 2.50. The van der Waals surface area contributed by atoms with Crippen LogP contribution in [0.25, 0.3) is 0 Å². The van der Waals surface area contributed by atoms with Crippen molar-refractivity contribution in [3.8, 4) is 0 Å². The molecule has 0 aromatic carbocycles. The van der Waals surface area contributed by atoms with E-state index in [1.165, 1.54) is 18.4 Å². The summed E-state index contributed by atoms with van der Waals surface area (Å²) in [5, 5.41) is 0. The molecule has 0 saturated heterocycles. The molecule has 0 N–H and O–H groups in total. The summed E-state index contributed by atoms with van der Waals surface area (Å²) in [5.41, 5.74) is 1.48. The van der Waals surface area contributed by atoms with Crippen LogP contribution in [0.5, 0.6) is 0 Å². The highest BCUT2D eigenvalue weighted by molar-refractivity contribution is 5.17. The molecule has 8 heavy (non-hydrogen) atoms. The highest BCUT2D eigenvalue weighted by Crippen LogP contribution is 2.13. The zero-order valence-corrected chi connectivity index (χ0v) is 5.06. The number of hydrogen-bond donors (Lipinski definition) is 0. The van der Waals surface area contributed by atoms with Gasteiger partial charge in [0.1, 0.15) is 0 Å². The SMILES string of the molecule is [CH2]CC1=CC=CCC1. The summed E-state index contributed by atoms with van der Waals surface area (Å²) in [4.78, 5) is 0. The molecule has 43 valence electrons. The molecule has 1 aliphatic rings. The van der Waals surface area contributed by atoms with Crippen LogP contribution < -0.4 is 0 Å². The molecule has 0 heteroatoms. The molecular formula is C8H11. The molecule has 0 aromatic heterocycles. The molecule has 0 saturated carbocycles. The van der Waals surface area contributed by atoms with Gasteiger partial charge in [-0.25, -0.2) is 0 Å². The lowest BCUT2D eigenvalue weighted by Crippen LogP contribution is -1.83. The maximum Gasteiger partial charge on any atom is -0.0282 e. The first-order valence-corrected chi connectivity index (χ1v) is 3.07. The van der Waals surface area contributed by atoms with Crippen molar-refractivity contribution in [3.05, 3.63) is 30.7 Å². The molecule has 0 fully saturated rings. The Bertz CT molecular complexity index is 118. The normalized spacial score (nSPS) is 18.4. The minimum atomic E-state index is 0.977. The van der Waals surface area contributed by atoms with Crippen LogP contribution in [0.1, 0.15) is 19.3 Å². The second-order valence-electron chi connectivity index (χ2n) is 2.04. The highest BCUT2D eigenvalue weighted by Gasteiger charge is 1.93. The van der Waals surface area contributed by atoms with Gasteiger partial charge in [0.05, 0.1) is 0 Å². The molecule has 0 bridgehead atoms. The van der Waals surface area contributed by atoms with Crippen LogP contribution in [0, 0.1) is 6.92 Å². The van der Waals surface area contributed by atoms with Gasteiger partial charge < -0.3 is 0 Å². The summed E-state index contributed by atoms with van der Waals surface area (Å²) in [5.74, 6) is 0. The van der Waals surface area contributed by atoms with E-state index in [0.717, 1.165) is 6.42 Å². The van der Waals surface area contributed by atoms with Crippen LogP contribution in [0.15, 0.2) is 23.8 Å². The van der Waals surface area contributed by atoms with Gasteiger partial charge in [0, 0.05) is 0 Å². The van der Waals surface area contributed by atoms with Crippen LogP contribution >= 0.6 is 0 Å². The molecule has 0 atom stereocenters. The predicted molar refractivity (Wildman–Crippen MR) is 36.4 cm³/mol. The van der Waals surface area contributed by atoms with Crippen LogP contribution in [0.2, 0.25) is 0 Å². The molecule has 0 heterocycles. The topological polar surface area (TPSA) is 0 Å². The monoisotopic (exact) mass is 107 g/mol. The van der Waals surface area contributed by atoms with Crippen LogP contribution in [0.3, 0.4) is 0 Å². The van der Waals surface area contributed by atoms with E-state index in [0.29, 0.717) is 0 Å². The van der Waals surface area contributed by atoms with Gasteiger partial charge in [-0.3, -0.25) is 0 Å². The van der Waals surface area contributed by atoms with Crippen LogP contribution in [0.4, 0.5) is 0 Å². The fraction of sp³-hybridized carbons (Fsp3) is 0.375. The second kappa shape index (κ2) is 2.71. The molecule has 0 unspecified atom stereocenters. The van der Waals surface area contributed by atoms with Crippen molar-refractivity contribution < 1.29 is 0 Å². The Labute approximate surface area is 50.9 Å². The third-order valence-corrected chi connectivity index (χ3v) is 1.42. The second-order valence-corrected chi connectivity index (χ2v) is 2.04. The minimum absolute atomic E-state index is 0.977. The molecule has 0 spiro atoms. The first-order chi connectivity index (χ1) is 3.93. The van der Waals surface area contributed by atoms with E-state index < -0.39 is 0 Å². The largest absolute Gasteiger partial charge is 0.0842 e. The van der Waals surface area contributed by atoms with Gasteiger partial charge in [-0.05, 0) is 26.2 Å². The standard InChI is InChI=1S/C8H11/c1-2-8-6-4-3-5-7-8/h3-4,6H,1-2,5,7H2. The predicted octanol–water partition coefficient (Wildman–Crippen LogP) is 2.49. The zero-order chi connectivity index (χ0) is 5.82.